The van der Waals surface area contributed by atoms with Crippen LogP contribution in [-0.4, -0.2) is 22.1 Å². The van der Waals surface area contributed by atoms with Crippen LogP contribution in [0.5, 0.6) is 0 Å². The van der Waals surface area contributed by atoms with Gasteiger partial charge in [0.15, 0.2) is 5.69 Å². The number of halogens is 1. The third-order valence-corrected chi connectivity index (χ3v) is 3.02. The minimum absolute atomic E-state index is 0.127. The number of benzene rings is 1. The quantitative estimate of drug-likeness (QED) is 0.810. The lowest BCUT2D eigenvalue weighted by Gasteiger charge is -2.10. The van der Waals surface area contributed by atoms with E-state index in [4.69, 9.17) is 16.7 Å². The first-order valence-corrected chi connectivity index (χ1v) is 6.42. The molecule has 7 heteroatoms. The highest BCUT2D eigenvalue weighted by Crippen LogP contribution is 2.15. The van der Waals surface area contributed by atoms with E-state index in [0.717, 1.165) is 5.56 Å². The summed E-state index contributed by atoms with van der Waals surface area (Å²) in [6.07, 6.45) is 1.34. The molecule has 108 valence electrons. The number of aromatic carboxylic acids is 1. The van der Waals surface area contributed by atoms with Crippen LogP contribution in [0.25, 0.3) is 0 Å². The molecule has 1 aromatic carbocycles. The summed E-state index contributed by atoms with van der Waals surface area (Å²) in [6, 6.07) is 9.58. The summed E-state index contributed by atoms with van der Waals surface area (Å²) in [4.78, 5) is 26.5. The van der Waals surface area contributed by atoms with Crippen LogP contribution >= 0.6 is 11.6 Å². The maximum Gasteiger partial charge on any atom is 0.356 e. The number of anilines is 1. The first-order valence-electron chi connectivity index (χ1n) is 6.04. The molecule has 0 bridgehead atoms. The molecule has 0 aliphatic rings. The number of carboxylic acids is 1. The van der Waals surface area contributed by atoms with Gasteiger partial charge in [0, 0.05) is 17.8 Å². The number of carbonyl (C=O) groups is 2. The van der Waals surface area contributed by atoms with Gasteiger partial charge >= 0.3 is 12.0 Å². The van der Waals surface area contributed by atoms with Crippen LogP contribution in [0.1, 0.15) is 16.1 Å². The zero-order valence-corrected chi connectivity index (χ0v) is 11.6. The van der Waals surface area contributed by atoms with Crippen molar-refractivity contribution in [3.05, 3.63) is 58.9 Å². The lowest BCUT2D eigenvalue weighted by atomic mass is 10.2. The van der Waals surface area contributed by atoms with Gasteiger partial charge in [-0.25, -0.2) is 14.6 Å². The second-order valence-electron chi connectivity index (χ2n) is 4.10. The maximum absolute atomic E-state index is 11.8. The molecular weight excluding hydrogens is 294 g/mol. The van der Waals surface area contributed by atoms with E-state index in [0.29, 0.717) is 5.02 Å². The molecule has 0 radical (unpaired) electrons. The lowest BCUT2D eigenvalue weighted by molar-refractivity contribution is 0.0692. The second kappa shape index (κ2) is 6.71. The Morgan fingerprint density at radius 2 is 1.95 bits per heavy atom. The predicted octanol–water partition coefficient (Wildman–Crippen LogP) is 2.75. The standard InChI is InChI=1S/C14H12ClN3O3/c15-10-5-2-1-4-9(10)8-17-14(21)18-11-6-3-7-16-12(11)13(19)20/h1-7H,8H2,(H,19,20)(H2,17,18,21). The molecule has 0 aliphatic heterocycles. The Morgan fingerprint density at radius 3 is 2.67 bits per heavy atom. The Morgan fingerprint density at radius 1 is 1.19 bits per heavy atom. The van der Waals surface area contributed by atoms with Crippen LogP contribution in [0.15, 0.2) is 42.6 Å². The Bertz CT molecular complexity index is 676. The molecule has 2 rings (SSSR count). The fraction of sp³-hybridized carbons (Fsp3) is 0.0714. The highest BCUT2D eigenvalue weighted by molar-refractivity contribution is 6.31. The number of amides is 2. The summed E-state index contributed by atoms with van der Waals surface area (Å²) in [6.45, 7) is 0.230. The van der Waals surface area contributed by atoms with Crippen LogP contribution < -0.4 is 10.6 Å². The van der Waals surface area contributed by atoms with Crippen LogP contribution in [0.3, 0.4) is 0 Å². The number of hydrogen-bond donors (Lipinski definition) is 3. The van der Waals surface area contributed by atoms with Gasteiger partial charge in [-0.05, 0) is 23.8 Å². The van der Waals surface area contributed by atoms with Crippen molar-refractivity contribution in [2.24, 2.45) is 0 Å². The molecule has 0 unspecified atom stereocenters. The van der Waals surface area contributed by atoms with Crippen molar-refractivity contribution >= 4 is 29.3 Å². The van der Waals surface area contributed by atoms with Crippen molar-refractivity contribution in [1.29, 1.82) is 0 Å². The zero-order valence-electron chi connectivity index (χ0n) is 10.8. The van der Waals surface area contributed by atoms with Gasteiger partial charge in [0.05, 0.1) is 5.69 Å². The van der Waals surface area contributed by atoms with E-state index in [1.165, 1.54) is 18.3 Å². The van der Waals surface area contributed by atoms with Crippen molar-refractivity contribution in [3.63, 3.8) is 0 Å². The number of carbonyl (C=O) groups excluding carboxylic acids is 1. The average molecular weight is 306 g/mol. The monoisotopic (exact) mass is 305 g/mol. The minimum atomic E-state index is -1.21. The Labute approximate surface area is 125 Å². The number of carboxylic acid groups (broad SMARTS) is 1. The fourth-order valence-corrected chi connectivity index (χ4v) is 1.86. The Kier molecular flexibility index (Phi) is 4.73. The largest absolute Gasteiger partial charge is 0.476 e. The normalized spacial score (nSPS) is 9.95. The number of urea groups is 1. The molecule has 0 fully saturated rings. The Hall–Kier alpha value is -2.60. The van der Waals surface area contributed by atoms with Crippen molar-refractivity contribution in [1.82, 2.24) is 10.3 Å². The summed E-state index contributed by atoms with van der Waals surface area (Å²) in [5.74, 6) is -1.21. The fourth-order valence-electron chi connectivity index (χ4n) is 1.66. The predicted molar refractivity (Wildman–Crippen MR) is 78.5 cm³/mol. The van der Waals surface area contributed by atoms with Crippen LogP contribution in [0.2, 0.25) is 5.02 Å². The third-order valence-electron chi connectivity index (χ3n) is 2.66. The van der Waals surface area contributed by atoms with Crippen molar-refractivity contribution < 1.29 is 14.7 Å². The molecule has 21 heavy (non-hydrogen) atoms. The van der Waals surface area contributed by atoms with E-state index in [9.17, 15) is 9.59 Å². The van der Waals surface area contributed by atoms with Crippen LogP contribution in [-0.2, 0) is 6.54 Å². The molecule has 0 atom stereocenters. The minimum Gasteiger partial charge on any atom is -0.476 e. The van der Waals surface area contributed by atoms with E-state index in [-0.39, 0.29) is 17.9 Å². The number of aromatic nitrogens is 1. The molecule has 2 amide bonds. The number of nitrogens with one attached hydrogen (secondary N) is 2. The molecule has 2 aromatic rings. The summed E-state index contributed by atoms with van der Waals surface area (Å²) >= 11 is 5.98. The summed E-state index contributed by atoms with van der Waals surface area (Å²) in [7, 11) is 0. The van der Waals surface area contributed by atoms with Gasteiger partial charge in [-0.3, -0.25) is 0 Å². The third kappa shape index (κ3) is 3.93. The zero-order chi connectivity index (χ0) is 15.2. The molecule has 1 heterocycles. The second-order valence-corrected chi connectivity index (χ2v) is 4.51. The van der Waals surface area contributed by atoms with E-state index in [2.05, 4.69) is 15.6 Å². The highest BCUT2D eigenvalue weighted by Gasteiger charge is 2.13. The van der Waals surface area contributed by atoms with E-state index < -0.39 is 12.0 Å². The Balaban J connectivity index is 2.00. The molecule has 1 aromatic heterocycles. The molecule has 0 saturated carbocycles. The van der Waals surface area contributed by atoms with Crippen molar-refractivity contribution in [2.75, 3.05) is 5.32 Å². The van der Waals surface area contributed by atoms with Gasteiger partial charge < -0.3 is 15.7 Å². The summed E-state index contributed by atoms with van der Waals surface area (Å²) in [5.41, 5.74) is 0.672. The number of hydrogen-bond acceptors (Lipinski definition) is 3. The van der Waals surface area contributed by atoms with Crippen LogP contribution in [0.4, 0.5) is 10.5 Å². The molecule has 6 nitrogen and oxygen atoms in total. The lowest BCUT2D eigenvalue weighted by Crippen LogP contribution is -2.29. The van der Waals surface area contributed by atoms with E-state index in [1.54, 1.807) is 18.2 Å². The molecular formula is C14H12ClN3O3. The molecule has 0 spiro atoms. The first-order chi connectivity index (χ1) is 10.1. The van der Waals surface area contributed by atoms with Gasteiger partial charge in [-0.1, -0.05) is 29.8 Å². The number of pyridine rings is 1. The van der Waals surface area contributed by atoms with E-state index in [1.807, 2.05) is 6.07 Å². The maximum atomic E-state index is 11.8. The summed E-state index contributed by atoms with van der Waals surface area (Å²) < 4.78 is 0. The molecule has 0 saturated heterocycles. The van der Waals surface area contributed by atoms with Crippen molar-refractivity contribution in [3.8, 4) is 0 Å². The SMILES string of the molecule is O=C(NCc1ccccc1Cl)Nc1cccnc1C(=O)O. The van der Waals surface area contributed by atoms with Gasteiger partial charge in [-0.15, -0.1) is 0 Å². The van der Waals surface area contributed by atoms with Crippen LogP contribution in [0, 0.1) is 0 Å². The summed E-state index contributed by atoms with van der Waals surface area (Å²) in [5, 5.41) is 14.6. The van der Waals surface area contributed by atoms with Gasteiger partial charge in [0.25, 0.3) is 0 Å². The van der Waals surface area contributed by atoms with Gasteiger partial charge in [0.1, 0.15) is 0 Å². The van der Waals surface area contributed by atoms with Crippen molar-refractivity contribution in [2.45, 2.75) is 6.54 Å². The average Bonchev–Trinajstić information content (AvgIpc) is 2.47. The molecule has 0 aliphatic carbocycles. The number of nitrogens with zero attached hydrogens (tertiary/aromatic N) is 1. The van der Waals surface area contributed by atoms with Gasteiger partial charge in [-0.2, -0.15) is 0 Å². The first kappa shape index (κ1) is 14.8. The van der Waals surface area contributed by atoms with E-state index >= 15 is 0 Å². The smallest absolute Gasteiger partial charge is 0.356 e. The van der Waals surface area contributed by atoms with Gasteiger partial charge in [0.2, 0.25) is 0 Å². The highest BCUT2D eigenvalue weighted by atomic mass is 35.5. The number of rotatable bonds is 4. The molecule has 3 N–H and O–H groups in total. The topological polar surface area (TPSA) is 91.3 Å².